The first-order valence-corrected chi connectivity index (χ1v) is 18.3. The van der Waals surface area contributed by atoms with E-state index in [0.29, 0.717) is 54.9 Å². The van der Waals surface area contributed by atoms with Crippen molar-refractivity contribution in [3.63, 3.8) is 0 Å². The number of anilines is 1. The van der Waals surface area contributed by atoms with Gasteiger partial charge < -0.3 is 41.2 Å². The van der Waals surface area contributed by atoms with Crippen LogP contribution in [-0.2, 0) is 6.61 Å². The van der Waals surface area contributed by atoms with Gasteiger partial charge in [0, 0.05) is 42.9 Å². The fraction of sp³-hybridized carbons (Fsp3) is 0.421. The first-order chi connectivity index (χ1) is 25.8. The van der Waals surface area contributed by atoms with Crippen LogP contribution < -0.4 is 21.3 Å². The molecule has 2 saturated carbocycles. The molecule has 5 aromatic rings. The average molecular weight is 723 g/mol. The van der Waals surface area contributed by atoms with Gasteiger partial charge in [-0.15, -0.1) is 0 Å². The lowest BCUT2D eigenvalue weighted by molar-refractivity contribution is 0.00720. The first kappa shape index (κ1) is 36.0. The number of rotatable bonds is 12. The molecule has 0 saturated heterocycles. The molecule has 4 atom stereocenters. The Bertz CT molecular complexity index is 1960. The second-order valence-corrected chi connectivity index (χ2v) is 13.8. The zero-order valence-corrected chi connectivity index (χ0v) is 29.5. The van der Waals surface area contributed by atoms with E-state index in [2.05, 4.69) is 55.6 Å². The zero-order chi connectivity index (χ0) is 36.9. The van der Waals surface area contributed by atoms with Gasteiger partial charge in [0.2, 0.25) is 5.82 Å². The SMILES string of the molecule is CCNC(=O)NC1CCC(NC(=O)c2nc(NCC(c3ccccc3)c3ccccc3)c3ncn([C@@H]4C[C@H](n5cc(CO)cn5)C(O)C4O)c3n2)CC1. The average Bonchev–Trinajstić information content (AvgIpc) is 3.91. The number of carbonyl (C=O) groups excluding carboxylic acids is 2. The molecular formula is C38H46N10O5. The summed E-state index contributed by atoms with van der Waals surface area (Å²) >= 11 is 0. The molecule has 3 heterocycles. The summed E-state index contributed by atoms with van der Waals surface area (Å²) in [6.07, 6.45) is 5.51. The summed E-state index contributed by atoms with van der Waals surface area (Å²) in [7, 11) is 0. The van der Waals surface area contributed by atoms with Gasteiger partial charge in [-0.05, 0) is 50.2 Å². The second-order valence-electron chi connectivity index (χ2n) is 13.8. The normalized spacial score (nSPS) is 22.9. The maximum atomic E-state index is 13.9. The first-order valence-electron chi connectivity index (χ1n) is 18.3. The van der Waals surface area contributed by atoms with Crippen molar-refractivity contribution in [3.8, 4) is 0 Å². The Morgan fingerprint density at radius 2 is 1.53 bits per heavy atom. The predicted molar refractivity (Wildman–Crippen MR) is 197 cm³/mol. The van der Waals surface area contributed by atoms with Crippen LogP contribution in [0.4, 0.5) is 10.6 Å². The highest BCUT2D eigenvalue weighted by molar-refractivity contribution is 5.94. The Balaban J connectivity index is 1.18. The van der Waals surface area contributed by atoms with Crippen LogP contribution in [0.2, 0.25) is 0 Å². The summed E-state index contributed by atoms with van der Waals surface area (Å²) in [5.41, 5.74) is 3.57. The quantitative estimate of drug-likeness (QED) is 0.100. The number of aliphatic hydroxyl groups is 3. The van der Waals surface area contributed by atoms with E-state index in [0.717, 1.165) is 24.0 Å². The number of nitrogens with one attached hydrogen (secondary N) is 4. The third-order valence-electron chi connectivity index (χ3n) is 10.4. The number of urea groups is 1. The van der Waals surface area contributed by atoms with Crippen LogP contribution in [0.1, 0.15) is 84.3 Å². The number of aromatic nitrogens is 6. The Morgan fingerprint density at radius 1 is 0.887 bits per heavy atom. The summed E-state index contributed by atoms with van der Waals surface area (Å²) in [6.45, 7) is 2.67. The molecule has 2 aromatic carbocycles. The highest BCUT2D eigenvalue weighted by Crippen LogP contribution is 2.40. The van der Waals surface area contributed by atoms with Gasteiger partial charge in [-0.3, -0.25) is 9.48 Å². The summed E-state index contributed by atoms with van der Waals surface area (Å²) in [5, 5.41) is 48.7. The number of aliphatic hydroxyl groups excluding tert-OH is 3. The molecule has 15 heteroatoms. The lowest BCUT2D eigenvalue weighted by Crippen LogP contribution is -2.46. The number of fused-ring (bicyclic) bond motifs is 1. The summed E-state index contributed by atoms with van der Waals surface area (Å²) < 4.78 is 3.26. The minimum Gasteiger partial charge on any atom is -0.392 e. The van der Waals surface area contributed by atoms with Gasteiger partial charge in [-0.25, -0.2) is 19.7 Å². The van der Waals surface area contributed by atoms with Crippen LogP contribution in [0.3, 0.4) is 0 Å². The lowest BCUT2D eigenvalue weighted by Gasteiger charge is -2.29. The number of amides is 3. The minimum absolute atomic E-state index is 0.0311. The molecule has 2 aliphatic carbocycles. The van der Waals surface area contributed by atoms with Gasteiger partial charge in [-0.2, -0.15) is 5.10 Å². The van der Waals surface area contributed by atoms with E-state index in [1.165, 1.54) is 6.20 Å². The van der Waals surface area contributed by atoms with Crippen LogP contribution in [0.5, 0.6) is 0 Å². The third-order valence-corrected chi connectivity index (χ3v) is 10.4. The van der Waals surface area contributed by atoms with Gasteiger partial charge in [0.05, 0.1) is 31.2 Å². The molecule has 53 heavy (non-hydrogen) atoms. The highest BCUT2D eigenvalue weighted by atomic mass is 16.3. The van der Waals surface area contributed by atoms with E-state index in [-0.39, 0.29) is 36.5 Å². The molecule has 0 radical (unpaired) electrons. The second kappa shape index (κ2) is 16.1. The fourth-order valence-corrected chi connectivity index (χ4v) is 7.58. The van der Waals surface area contributed by atoms with Crippen molar-refractivity contribution in [3.05, 3.63) is 102 Å². The number of nitrogens with zero attached hydrogens (tertiary/aromatic N) is 6. The van der Waals surface area contributed by atoms with Gasteiger partial charge in [0.1, 0.15) is 17.7 Å². The Morgan fingerprint density at radius 3 is 2.15 bits per heavy atom. The number of imidazole rings is 1. The van der Waals surface area contributed by atoms with Crippen molar-refractivity contribution in [2.45, 2.75) is 87.9 Å². The van der Waals surface area contributed by atoms with Crippen molar-refractivity contribution < 1.29 is 24.9 Å². The number of carbonyl (C=O) groups is 2. The Labute approximate surface area is 306 Å². The van der Waals surface area contributed by atoms with Crippen LogP contribution in [0.25, 0.3) is 11.2 Å². The van der Waals surface area contributed by atoms with Crippen molar-refractivity contribution in [1.82, 2.24) is 45.2 Å². The van der Waals surface area contributed by atoms with Crippen LogP contribution in [-0.4, -0.2) is 93.9 Å². The Kier molecular flexibility index (Phi) is 10.9. The molecule has 0 aliphatic heterocycles. The molecule has 2 aliphatic rings. The molecule has 3 amide bonds. The van der Waals surface area contributed by atoms with E-state index in [9.17, 15) is 24.9 Å². The monoisotopic (exact) mass is 722 g/mol. The van der Waals surface area contributed by atoms with E-state index in [1.807, 2.05) is 43.3 Å². The van der Waals surface area contributed by atoms with Crippen molar-refractivity contribution >= 4 is 28.9 Å². The van der Waals surface area contributed by atoms with Crippen molar-refractivity contribution in [2.75, 3.05) is 18.4 Å². The standard InChI is InChI=1S/C38H46N10O5/c1-2-39-38(53)44-27-15-13-26(14-16-27)43-37(52)35-45-34(40-19-28(24-9-5-3-6-10-24)25-11-7-4-8-12-25)31-36(46-35)47(22-41-31)29-17-30(33(51)32(29)50)48-20-23(21-49)18-42-48/h3-12,18,20,22,26-30,32-33,49-51H,2,13-17,19,21H2,1H3,(H,43,52)(H2,39,44,53)(H,40,45,46)/t26?,27?,29-,30+,32?,33?/m1/s1. The van der Waals surface area contributed by atoms with E-state index >= 15 is 0 Å². The maximum absolute atomic E-state index is 13.9. The lowest BCUT2D eigenvalue weighted by atomic mass is 9.91. The molecular weight excluding hydrogens is 676 g/mol. The van der Waals surface area contributed by atoms with Crippen LogP contribution in [0, 0.1) is 0 Å². The van der Waals surface area contributed by atoms with Crippen molar-refractivity contribution in [2.24, 2.45) is 0 Å². The van der Waals surface area contributed by atoms with Gasteiger partial charge >= 0.3 is 6.03 Å². The highest BCUT2D eigenvalue weighted by Gasteiger charge is 2.44. The van der Waals surface area contributed by atoms with Gasteiger partial charge in [-0.1, -0.05) is 60.7 Å². The van der Waals surface area contributed by atoms with E-state index in [1.54, 1.807) is 21.8 Å². The minimum atomic E-state index is -1.19. The summed E-state index contributed by atoms with van der Waals surface area (Å²) in [4.78, 5) is 40.0. The molecule has 7 rings (SSSR count). The molecule has 3 aromatic heterocycles. The number of benzene rings is 2. The largest absolute Gasteiger partial charge is 0.392 e. The summed E-state index contributed by atoms with van der Waals surface area (Å²) in [5.74, 6) is -0.168. The predicted octanol–water partition coefficient (Wildman–Crippen LogP) is 3.03. The Hall–Kier alpha value is -5.38. The smallest absolute Gasteiger partial charge is 0.314 e. The van der Waals surface area contributed by atoms with Gasteiger partial charge in [0.15, 0.2) is 11.5 Å². The third kappa shape index (κ3) is 7.87. The molecule has 15 nitrogen and oxygen atoms in total. The van der Waals surface area contributed by atoms with E-state index < -0.39 is 30.2 Å². The number of hydrogen-bond donors (Lipinski definition) is 7. The van der Waals surface area contributed by atoms with Crippen LogP contribution in [0.15, 0.2) is 79.4 Å². The molecule has 278 valence electrons. The molecule has 7 N–H and O–H groups in total. The van der Waals surface area contributed by atoms with Crippen LogP contribution >= 0.6 is 0 Å². The topological polar surface area (TPSA) is 204 Å². The van der Waals surface area contributed by atoms with E-state index in [4.69, 9.17) is 9.97 Å². The summed E-state index contributed by atoms with van der Waals surface area (Å²) in [6, 6.07) is 18.8. The molecule has 2 fully saturated rings. The molecule has 0 spiro atoms. The molecule has 2 unspecified atom stereocenters. The number of hydrogen-bond acceptors (Lipinski definition) is 10. The molecule has 0 bridgehead atoms. The van der Waals surface area contributed by atoms with Gasteiger partial charge in [0.25, 0.3) is 5.91 Å². The fourth-order valence-electron chi connectivity index (χ4n) is 7.58. The zero-order valence-electron chi connectivity index (χ0n) is 29.5. The maximum Gasteiger partial charge on any atom is 0.314 e. The van der Waals surface area contributed by atoms with Crippen molar-refractivity contribution in [1.29, 1.82) is 0 Å².